The third kappa shape index (κ3) is 4.20. The number of anilines is 1. The van der Waals surface area contributed by atoms with Crippen molar-refractivity contribution in [2.75, 3.05) is 25.0 Å². The Bertz CT molecular complexity index is 509. The van der Waals surface area contributed by atoms with Crippen LogP contribution in [0.1, 0.15) is 39.5 Å². The Morgan fingerprint density at radius 3 is 2.71 bits per heavy atom. The van der Waals surface area contributed by atoms with Gasteiger partial charge in [0.2, 0.25) is 0 Å². The molecular formula is C15H25ClN4O. The van der Waals surface area contributed by atoms with Crippen molar-refractivity contribution in [2.24, 2.45) is 0 Å². The first-order valence-corrected chi connectivity index (χ1v) is 8.28. The molecular weight excluding hydrogens is 288 g/mol. The number of nitrogens with zero attached hydrogens (tertiary/aromatic N) is 3. The lowest BCUT2D eigenvalue weighted by atomic mass is 10.1. The fourth-order valence-electron chi connectivity index (χ4n) is 2.65. The lowest BCUT2D eigenvalue weighted by Crippen LogP contribution is -2.39. The minimum Gasteiger partial charge on any atom is -0.380 e. The van der Waals surface area contributed by atoms with Crippen LogP contribution in [0.4, 0.5) is 5.69 Å². The average Bonchev–Trinajstić information content (AvgIpc) is 2.52. The van der Waals surface area contributed by atoms with Crippen LogP contribution in [0.3, 0.4) is 0 Å². The summed E-state index contributed by atoms with van der Waals surface area (Å²) in [5.41, 5.74) is 0.477. The number of hydrogen-bond donors (Lipinski definition) is 1. The molecule has 0 aromatic carbocycles. The number of halogens is 1. The Balaban J connectivity index is 2.01. The van der Waals surface area contributed by atoms with Gasteiger partial charge in [-0.15, -0.1) is 0 Å². The van der Waals surface area contributed by atoms with Gasteiger partial charge in [0.05, 0.1) is 11.9 Å². The molecule has 1 saturated heterocycles. The van der Waals surface area contributed by atoms with Crippen LogP contribution in [-0.2, 0) is 6.54 Å². The molecule has 1 aromatic rings. The average molecular weight is 313 g/mol. The number of aromatic nitrogens is 2. The molecule has 118 valence electrons. The van der Waals surface area contributed by atoms with Gasteiger partial charge in [-0.05, 0) is 25.8 Å². The molecule has 1 fully saturated rings. The summed E-state index contributed by atoms with van der Waals surface area (Å²) < 4.78 is 1.46. The fraction of sp³-hybridized carbons (Fsp3) is 0.733. The van der Waals surface area contributed by atoms with Gasteiger partial charge in [0.1, 0.15) is 5.02 Å². The second kappa shape index (κ2) is 7.80. The van der Waals surface area contributed by atoms with Crippen molar-refractivity contribution in [3.63, 3.8) is 0 Å². The van der Waals surface area contributed by atoms with E-state index in [1.165, 1.54) is 4.68 Å². The lowest BCUT2D eigenvalue weighted by Gasteiger charge is -2.32. The van der Waals surface area contributed by atoms with E-state index in [0.717, 1.165) is 45.3 Å². The second-order valence-electron chi connectivity index (χ2n) is 5.61. The number of piperidine rings is 1. The first-order chi connectivity index (χ1) is 10.2. The zero-order valence-corrected chi connectivity index (χ0v) is 13.7. The minimum atomic E-state index is -0.193. The Labute approximate surface area is 131 Å². The first kappa shape index (κ1) is 16.3. The van der Waals surface area contributed by atoms with E-state index in [4.69, 9.17) is 11.6 Å². The van der Waals surface area contributed by atoms with Gasteiger partial charge in [-0.25, -0.2) is 4.68 Å². The number of rotatable bonds is 6. The zero-order chi connectivity index (χ0) is 15.2. The van der Waals surface area contributed by atoms with Gasteiger partial charge in [-0.1, -0.05) is 31.9 Å². The number of hydrogen-bond acceptors (Lipinski definition) is 4. The molecule has 1 aliphatic rings. The number of aryl methyl sites for hydroxylation is 1. The SMILES string of the molecule is CCCCn1ncc(NC2CCN(CC)CC2)c(Cl)c1=O. The van der Waals surface area contributed by atoms with E-state index in [2.05, 4.69) is 29.2 Å². The Morgan fingerprint density at radius 1 is 1.38 bits per heavy atom. The Kier molecular flexibility index (Phi) is 6.06. The van der Waals surface area contributed by atoms with E-state index < -0.39 is 0 Å². The van der Waals surface area contributed by atoms with E-state index >= 15 is 0 Å². The zero-order valence-electron chi connectivity index (χ0n) is 12.9. The van der Waals surface area contributed by atoms with Crippen LogP contribution in [0.15, 0.2) is 11.0 Å². The lowest BCUT2D eigenvalue weighted by molar-refractivity contribution is 0.229. The third-order valence-electron chi connectivity index (χ3n) is 4.10. The van der Waals surface area contributed by atoms with E-state index in [1.54, 1.807) is 6.20 Å². The van der Waals surface area contributed by atoms with Gasteiger partial charge in [-0.3, -0.25) is 4.79 Å². The molecule has 0 unspecified atom stereocenters. The van der Waals surface area contributed by atoms with Gasteiger partial charge in [0.15, 0.2) is 0 Å². The Hall–Kier alpha value is -1.07. The van der Waals surface area contributed by atoms with E-state index in [-0.39, 0.29) is 10.6 Å². The highest BCUT2D eigenvalue weighted by atomic mass is 35.5. The van der Waals surface area contributed by atoms with Crippen LogP contribution in [0.2, 0.25) is 5.02 Å². The second-order valence-corrected chi connectivity index (χ2v) is 5.98. The van der Waals surface area contributed by atoms with Crippen molar-refractivity contribution < 1.29 is 0 Å². The first-order valence-electron chi connectivity index (χ1n) is 7.90. The van der Waals surface area contributed by atoms with Crippen molar-refractivity contribution in [3.8, 4) is 0 Å². The standard InChI is InChI=1S/C15H25ClN4O/c1-3-5-8-20-15(21)14(16)13(11-17-20)18-12-6-9-19(4-2)10-7-12/h11-12,18H,3-10H2,1-2H3. The molecule has 1 aliphatic heterocycles. The maximum Gasteiger partial charge on any atom is 0.287 e. The highest BCUT2D eigenvalue weighted by molar-refractivity contribution is 6.32. The fourth-order valence-corrected chi connectivity index (χ4v) is 2.85. The molecule has 0 radical (unpaired) electrons. The largest absolute Gasteiger partial charge is 0.380 e. The predicted octanol–water partition coefficient (Wildman–Crippen LogP) is 2.59. The molecule has 0 spiro atoms. The predicted molar refractivity (Wildman–Crippen MR) is 87.2 cm³/mol. The molecule has 0 saturated carbocycles. The van der Waals surface area contributed by atoms with E-state index in [9.17, 15) is 4.79 Å². The molecule has 0 amide bonds. The summed E-state index contributed by atoms with van der Waals surface area (Å²) in [5.74, 6) is 0. The summed E-state index contributed by atoms with van der Waals surface area (Å²) in [6.45, 7) is 8.18. The number of unbranched alkanes of at least 4 members (excludes halogenated alkanes) is 1. The summed E-state index contributed by atoms with van der Waals surface area (Å²) in [5, 5.41) is 7.87. The molecule has 21 heavy (non-hydrogen) atoms. The van der Waals surface area contributed by atoms with Crippen molar-refractivity contribution in [1.82, 2.24) is 14.7 Å². The van der Waals surface area contributed by atoms with Crippen LogP contribution >= 0.6 is 11.6 Å². The number of nitrogens with one attached hydrogen (secondary N) is 1. The quantitative estimate of drug-likeness (QED) is 0.877. The molecule has 5 nitrogen and oxygen atoms in total. The monoisotopic (exact) mass is 312 g/mol. The molecule has 2 heterocycles. The van der Waals surface area contributed by atoms with Gasteiger partial charge in [0, 0.05) is 25.7 Å². The summed E-state index contributed by atoms with van der Waals surface area (Å²) in [6.07, 6.45) is 5.80. The van der Waals surface area contributed by atoms with Crippen LogP contribution < -0.4 is 10.9 Å². The molecule has 2 rings (SSSR count). The molecule has 1 N–H and O–H groups in total. The van der Waals surface area contributed by atoms with Crippen LogP contribution in [0.5, 0.6) is 0 Å². The van der Waals surface area contributed by atoms with Crippen molar-refractivity contribution in [2.45, 2.75) is 52.1 Å². The minimum absolute atomic E-state index is 0.193. The van der Waals surface area contributed by atoms with Crippen LogP contribution in [0.25, 0.3) is 0 Å². The third-order valence-corrected chi connectivity index (χ3v) is 4.47. The van der Waals surface area contributed by atoms with Crippen LogP contribution in [0, 0.1) is 0 Å². The van der Waals surface area contributed by atoms with Crippen molar-refractivity contribution in [1.29, 1.82) is 0 Å². The summed E-state index contributed by atoms with van der Waals surface area (Å²) >= 11 is 6.21. The molecule has 0 bridgehead atoms. The van der Waals surface area contributed by atoms with Crippen LogP contribution in [-0.4, -0.2) is 40.4 Å². The highest BCUT2D eigenvalue weighted by Crippen LogP contribution is 2.20. The van der Waals surface area contributed by atoms with Gasteiger partial charge >= 0.3 is 0 Å². The maximum atomic E-state index is 12.2. The molecule has 0 atom stereocenters. The summed E-state index contributed by atoms with van der Waals surface area (Å²) in [4.78, 5) is 14.6. The summed E-state index contributed by atoms with van der Waals surface area (Å²) in [7, 11) is 0. The highest BCUT2D eigenvalue weighted by Gasteiger charge is 2.19. The van der Waals surface area contributed by atoms with Crippen molar-refractivity contribution >= 4 is 17.3 Å². The van der Waals surface area contributed by atoms with Gasteiger partial charge in [-0.2, -0.15) is 5.10 Å². The molecule has 6 heteroatoms. The maximum absolute atomic E-state index is 12.2. The molecule has 1 aromatic heterocycles. The molecule has 0 aliphatic carbocycles. The van der Waals surface area contributed by atoms with E-state index in [0.29, 0.717) is 18.3 Å². The number of likely N-dealkylation sites (tertiary alicyclic amines) is 1. The topological polar surface area (TPSA) is 50.2 Å². The smallest absolute Gasteiger partial charge is 0.287 e. The van der Waals surface area contributed by atoms with Crippen molar-refractivity contribution in [3.05, 3.63) is 21.6 Å². The van der Waals surface area contributed by atoms with E-state index in [1.807, 2.05) is 0 Å². The van der Waals surface area contributed by atoms with Gasteiger partial charge < -0.3 is 10.2 Å². The normalized spacial score (nSPS) is 17.1. The van der Waals surface area contributed by atoms with Gasteiger partial charge in [0.25, 0.3) is 5.56 Å². The summed E-state index contributed by atoms with van der Waals surface area (Å²) in [6, 6.07) is 0.373. The Morgan fingerprint density at radius 2 is 2.10 bits per heavy atom.